The molecule has 0 amide bonds. The summed E-state index contributed by atoms with van der Waals surface area (Å²) in [6.45, 7) is 12.9. The van der Waals surface area contributed by atoms with Gasteiger partial charge in [-0.25, -0.2) is 0 Å². The van der Waals surface area contributed by atoms with E-state index >= 15 is 0 Å². The maximum Gasteiger partial charge on any atom is 0.518 e. The van der Waals surface area contributed by atoms with Gasteiger partial charge in [0.15, 0.2) is 0 Å². The van der Waals surface area contributed by atoms with Crippen LogP contribution in [-0.2, 0) is 13.3 Å². The van der Waals surface area contributed by atoms with Crippen molar-refractivity contribution in [3.8, 4) is 0 Å². The molecule has 6 heteroatoms. The number of nitrogens with two attached hydrogens (primary N) is 1. The van der Waals surface area contributed by atoms with Crippen LogP contribution in [-0.4, -0.2) is 40.5 Å². The fraction of sp³-hybridized carbons (Fsp3) is 1.00. The van der Waals surface area contributed by atoms with Gasteiger partial charge in [-0.2, -0.15) is 0 Å². The zero-order valence-electron chi connectivity index (χ0n) is 17.4. The molecule has 0 saturated carbocycles. The largest absolute Gasteiger partial charge is 0.518 e. The standard InChI is InChI=1S/C19H44N2O3Si/c1-6-11-15-22-25(23-16-12-7-2,24-17-13-8-3)19(10-5)21-18(20)14-9-4/h18-19,21H,6-17,20H2,1-5H3. The first-order valence-electron chi connectivity index (χ1n) is 10.5. The van der Waals surface area contributed by atoms with Crippen LogP contribution < -0.4 is 11.1 Å². The summed E-state index contributed by atoms with van der Waals surface area (Å²) in [5.41, 5.74) is 6.32. The van der Waals surface area contributed by atoms with Crippen LogP contribution in [0.1, 0.15) is 92.4 Å². The van der Waals surface area contributed by atoms with Gasteiger partial charge in [-0.15, -0.1) is 0 Å². The highest BCUT2D eigenvalue weighted by Gasteiger charge is 2.49. The highest BCUT2D eigenvalue weighted by molar-refractivity contribution is 6.62. The first-order valence-corrected chi connectivity index (χ1v) is 12.3. The molecule has 0 aliphatic rings. The van der Waals surface area contributed by atoms with Crippen LogP contribution in [0.25, 0.3) is 0 Å². The predicted octanol–water partition coefficient (Wildman–Crippen LogP) is 4.37. The number of nitrogens with one attached hydrogen (secondary N) is 1. The molecule has 152 valence electrons. The molecule has 0 aromatic rings. The van der Waals surface area contributed by atoms with Crippen LogP contribution in [0.2, 0.25) is 0 Å². The molecule has 2 unspecified atom stereocenters. The SMILES string of the molecule is CCCCO[Si](OCCCC)(OCCCC)C(CC)NC(N)CCC. The van der Waals surface area contributed by atoms with E-state index in [1.807, 2.05) is 0 Å². The van der Waals surface area contributed by atoms with E-state index in [-0.39, 0.29) is 11.8 Å². The molecule has 5 nitrogen and oxygen atoms in total. The van der Waals surface area contributed by atoms with Crippen molar-refractivity contribution in [3.63, 3.8) is 0 Å². The third-order valence-electron chi connectivity index (χ3n) is 4.25. The van der Waals surface area contributed by atoms with Crippen molar-refractivity contribution < 1.29 is 13.3 Å². The lowest BCUT2D eigenvalue weighted by Crippen LogP contribution is -2.64. The molecule has 0 aliphatic heterocycles. The van der Waals surface area contributed by atoms with Gasteiger partial charge in [0.2, 0.25) is 0 Å². The van der Waals surface area contributed by atoms with Crippen LogP contribution in [0.5, 0.6) is 0 Å². The van der Waals surface area contributed by atoms with E-state index in [1.165, 1.54) is 0 Å². The van der Waals surface area contributed by atoms with Gasteiger partial charge in [0.1, 0.15) is 0 Å². The molecule has 3 N–H and O–H groups in total. The molecule has 0 rings (SSSR count). The van der Waals surface area contributed by atoms with E-state index in [0.717, 1.165) is 57.8 Å². The van der Waals surface area contributed by atoms with Gasteiger partial charge in [0.25, 0.3) is 0 Å². The molecule has 25 heavy (non-hydrogen) atoms. The van der Waals surface area contributed by atoms with Crippen molar-refractivity contribution in [2.45, 2.75) is 104 Å². The van der Waals surface area contributed by atoms with Gasteiger partial charge in [-0.3, -0.25) is 5.32 Å². The van der Waals surface area contributed by atoms with E-state index in [4.69, 9.17) is 19.0 Å². The molecule has 2 atom stereocenters. The fourth-order valence-electron chi connectivity index (χ4n) is 2.63. The molecule has 0 aliphatic carbocycles. The smallest absolute Gasteiger partial charge is 0.373 e. The molecular weight excluding hydrogens is 332 g/mol. The highest BCUT2D eigenvalue weighted by Crippen LogP contribution is 2.20. The normalized spacial score (nSPS) is 14.6. The summed E-state index contributed by atoms with van der Waals surface area (Å²) in [6, 6.07) is 0. The lowest BCUT2D eigenvalue weighted by Gasteiger charge is -2.37. The van der Waals surface area contributed by atoms with Crippen LogP contribution >= 0.6 is 0 Å². The van der Waals surface area contributed by atoms with E-state index < -0.39 is 8.80 Å². The Morgan fingerprint density at radius 2 is 1.20 bits per heavy atom. The minimum absolute atomic E-state index is 0.0406. The van der Waals surface area contributed by atoms with Crippen molar-refractivity contribution in [1.29, 1.82) is 0 Å². The number of hydrogen-bond donors (Lipinski definition) is 2. The van der Waals surface area contributed by atoms with Gasteiger partial charge in [-0.1, -0.05) is 60.3 Å². The monoisotopic (exact) mass is 376 g/mol. The van der Waals surface area contributed by atoms with Crippen molar-refractivity contribution in [2.75, 3.05) is 19.8 Å². The average molecular weight is 377 g/mol. The summed E-state index contributed by atoms with van der Waals surface area (Å²) in [4.78, 5) is 0. The van der Waals surface area contributed by atoms with Crippen LogP contribution in [0.4, 0.5) is 0 Å². The van der Waals surface area contributed by atoms with Crippen molar-refractivity contribution in [2.24, 2.45) is 5.73 Å². The Morgan fingerprint density at radius 1 is 0.760 bits per heavy atom. The van der Waals surface area contributed by atoms with Gasteiger partial charge < -0.3 is 19.0 Å². The molecule has 0 heterocycles. The highest BCUT2D eigenvalue weighted by atomic mass is 28.4. The topological polar surface area (TPSA) is 65.7 Å². The molecule has 0 fully saturated rings. The third kappa shape index (κ3) is 10.7. The summed E-state index contributed by atoms with van der Waals surface area (Å²) < 4.78 is 19.1. The molecule has 0 radical (unpaired) electrons. The van der Waals surface area contributed by atoms with Crippen molar-refractivity contribution >= 4 is 8.80 Å². The minimum atomic E-state index is -2.82. The summed E-state index contributed by atoms with van der Waals surface area (Å²) in [5, 5.41) is 3.55. The molecule has 0 saturated heterocycles. The summed E-state index contributed by atoms with van der Waals surface area (Å²) in [5.74, 6) is 0. The molecule has 0 spiro atoms. The quantitative estimate of drug-likeness (QED) is 0.211. The zero-order valence-corrected chi connectivity index (χ0v) is 18.4. The van der Waals surface area contributed by atoms with Crippen molar-refractivity contribution in [3.05, 3.63) is 0 Å². The van der Waals surface area contributed by atoms with Crippen LogP contribution in [0, 0.1) is 0 Å². The Morgan fingerprint density at radius 3 is 1.52 bits per heavy atom. The van der Waals surface area contributed by atoms with E-state index in [0.29, 0.717) is 19.8 Å². The maximum absolute atomic E-state index is 6.37. The van der Waals surface area contributed by atoms with Gasteiger partial charge in [0.05, 0.1) is 11.8 Å². The van der Waals surface area contributed by atoms with Gasteiger partial charge in [0, 0.05) is 19.8 Å². The Hall–Kier alpha value is 0.0169. The van der Waals surface area contributed by atoms with Crippen molar-refractivity contribution in [1.82, 2.24) is 5.32 Å². The predicted molar refractivity (Wildman–Crippen MR) is 108 cm³/mol. The number of hydrogen-bond acceptors (Lipinski definition) is 5. The Bertz CT molecular complexity index is 269. The lowest BCUT2D eigenvalue weighted by molar-refractivity contribution is 0.0418. The molecule has 0 aromatic carbocycles. The number of rotatable bonds is 18. The molecule has 0 aromatic heterocycles. The Labute approximate surface area is 157 Å². The Kier molecular flexibility index (Phi) is 16.2. The average Bonchev–Trinajstić information content (AvgIpc) is 2.60. The van der Waals surface area contributed by atoms with E-state index in [9.17, 15) is 0 Å². The second-order valence-corrected chi connectivity index (χ2v) is 9.50. The zero-order chi connectivity index (χ0) is 19.0. The molecule has 0 bridgehead atoms. The third-order valence-corrected chi connectivity index (χ3v) is 7.50. The minimum Gasteiger partial charge on any atom is -0.373 e. The first-order chi connectivity index (χ1) is 12.1. The summed E-state index contributed by atoms with van der Waals surface area (Å²) in [7, 11) is -2.82. The number of unbranched alkanes of at least 4 members (excludes halogenated alkanes) is 3. The summed E-state index contributed by atoms with van der Waals surface area (Å²) >= 11 is 0. The lowest BCUT2D eigenvalue weighted by atomic mass is 10.3. The van der Waals surface area contributed by atoms with E-state index in [1.54, 1.807) is 0 Å². The van der Waals surface area contributed by atoms with Gasteiger partial charge in [-0.05, 0) is 32.1 Å². The summed E-state index contributed by atoms with van der Waals surface area (Å²) in [6.07, 6.45) is 9.26. The fourth-order valence-corrected chi connectivity index (χ4v) is 5.68. The first kappa shape index (κ1) is 25.0. The second kappa shape index (κ2) is 16.2. The van der Waals surface area contributed by atoms with Gasteiger partial charge >= 0.3 is 8.80 Å². The second-order valence-electron chi connectivity index (χ2n) is 6.73. The van der Waals surface area contributed by atoms with E-state index in [2.05, 4.69) is 39.9 Å². The molecular formula is C19H44N2O3Si. The van der Waals surface area contributed by atoms with Crippen LogP contribution in [0.15, 0.2) is 0 Å². The van der Waals surface area contributed by atoms with Crippen LogP contribution in [0.3, 0.4) is 0 Å². The maximum atomic E-state index is 6.37. The Balaban J connectivity index is 5.22.